The van der Waals surface area contributed by atoms with Crippen molar-refractivity contribution in [1.82, 2.24) is 9.55 Å². The summed E-state index contributed by atoms with van der Waals surface area (Å²) in [4.78, 5) is 42.8. The molecule has 1 aromatic heterocycles. The van der Waals surface area contributed by atoms with Crippen LogP contribution in [0.25, 0.3) is 10.9 Å². The van der Waals surface area contributed by atoms with Crippen molar-refractivity contribution in [3.8, 4) is 5.75 Å². The first-order valence-electron chi connectivity index (χ1n) is 8.15. The normalized spacial score (nSPS) is 13.4. The van der Waals surface area contributed by atoms with Gasteiger partial charge in [0, 0.05) is 17.1 Å². The van der Waals surface area contributed by atoms with E-state index < -0.39 is 0 Å². The Morgan fingerprint density at radius 1 is 1.22 bits per heavy atom. The molecule has 0 fully saturated rings. The number of ketones is 1. The van der Waals surface area contributed by atoms with E-state index in [1.807, 2.05) is 0 Å². The lowest BCUT2D eigenvalue weighted by molar-refractivity contribution is -0.120. The number of benzene rings is 2. The largest absolute Gasteiger partial charge is 0.482 e. The number of ether oxygens (including phenoxy) is 1. The second kappa shape index (κ2) is 6.62. The highest BCUT2D eigenvalue weighted by atomic mass is 79.9. The molecule has 0 N–H and O–H groups in total. The fourth-order valence-electron chi connectivity index (χ4n) is 2.94. The molecule has 0 saturated heterocycles. The molecule has 1 aliphatic heterocycles. The number of fused-ring (bicyclic) bond motifs is 2. The smallest absolute Gasteiger partial charge is 0.264 e. The Bertz CT molecular complexity index is 1160. The molecule has 8 heteroatoms. The molecule has 0 bridgehead atoms. The van der Waals surface area contributed by atoms with Crippen LogP contribution in [-0.4, -0.2) is 34.9 Å². The Labute approximate surface area is 162 Å². The summed E-state index contributed by atoms with van der Waals surface area (Å²) in [5.74, 6) is 0.0955. The highest BCUT2D eigenvalue weighted by Gasteiger charge is 2.23. The second-order valence-corrected chi connectivity index (χ2v) is 7.10. The Hall–Kier alpha value is -3.00. The van der Waals surface area contributed by atoms with Crippen molar-refractivity contribution in [2.24, 2.45) is 0 Å². The highest BCUT2D eigenvalue weighted by Crippen LogP contribution is 2.32. The predicted molar refractivity (Wildman–Crippen MR) is 103 cm³/mol. The number of aromatic nitrogens is 2. The van der Waals surface area contributed by atoms with Gasteiger partial charge >= 0.3 is 0 Å². The first-order chi connectivity index (χ1) is 12.9. The number of nitrogens with zero attached hydrogens (tertiary/aromatic N) is 3. The van der Waals surface area contributed by atoms with Gasteiger partial charge in [0.05, 0.1) is 29.5 Å². The molecule has 1 amide bonds. The van der Waals surface area contributed by atoms with Gasteiger partial charge in [0.15, 0.2) is 12.4 Å². The molecule has 7 nitrogen and oxygen atoms in total. The molecule has 4 rings (SSSR count). The van der Waals surface area contributed by atoms with Gasteiger partial charge in [-0.3, -0.25) is 19.0 Å². The fraction of sp³-hybridized carbons (Fsp3) is 0.158. The number of likely N-dealkylation sites (N-methyl/N-ethyl adjacent to an activating group) is 1. The van der Waals surface area contributed by atoms with Crippen LogP contribution in [0.5, 0.6) is 5.75 Å². The molecule has 27 heavy (non-hydrogen) atoms. The van der Waals surface area contributed by atoms with Crippen LogP contribution in [0.4, 0.5) is 5.69 Å². The van der Waals surface area contributed by atoms with E-state index in [2.05, 4.69) is 20.9 Å². The maximum atomic E-state index is 12.7. The van der Waals surface area contributed by atoms with Gasteiger partial charge in [0.1, 0.15) is 5.75 Å². The third kappa shape index (κ3) is 3.12. The number of carbonyl (C=O) groups excluding carboxylic acids is 2. The Kier molecular flexibility index (Phi) is 4.27. The minimum absolute atomic E-state index is 0.0233. The van der Waals surface area contributed by atoms with Crippen molar-refractivity contribution in [3.05, 3.63) is 63.1 Å². The van der Waals surface area contributed by atoms with E-state index in [0.29, 0.717) is 27.9 Å². The average molecular weight is 428 g/mol. The molecule has 0 radical (unpaired) electrons. The number of amides is 1. The number of rotatable bonds is 3. The average Bonchev–Trinajstić information content (AvgIpc) is 2.67. The van der Waals surface area contributed by atoms with Crippen LogP contribution >= 0.6 is 15.9 Å². The highest BCUT2D eigenvalue weighted by molar-refractivity contribution is 9.10. The van der Waals surface area contributed by atoms with E-state index in [1.165, 1.54) is 15.8 Å². The lowest BCUT2D eigenvalue weighted by Crippen LogP contribution is -2.35. The van der Waals surface area contributed by atoms with Crippen molar-refractivity contribution in [2.75, 3.05) is 18.6 Å². The summed E-state index contributed by atoms with van der Waals surface area (Å²) in [6.45, 7) is -0.171. The lowest BCUT2D eigenvalue weighted by Gasteiger charge is -2.26. The van der Waals surface area contributed by atoms with E-state index >= 15 is 0 Å². The van der Waals surface area contributed by atoms with E-state index in [1.54, 1.807) is 43.4 Å². The Balaban J connectivity index is 1.67. The van der Waals surface area contributed by atoms with Crippen molar-refractivity contribution in [2.45, 2.75) is 6.54 Å². The van der Waals surface area contributed by atoms with Gasteiger partial charge in [-0.1, -0.05) is 15.9 Å². The van der Waals surface area contributed by atoms with E-state index in [-0.39, 0.29) is 30.4 Å². The lowest BCUT2D eigenvalue weighted by atomic mass is 10.1. The molecular weight excluding hydrogens is 414 g/mol. The van der Waals surface area contributed by atoms with Crippen LogP contribution in [0.3, 0.4) is 0 Å². The standard InChI is InChI=1S/C19H14BrN3O4/c1-22-15-6-11(2-5-17(15)27-9-18(22)25)16(24)8-23-10-21-14-4-3-12(20)7-13(14)19(23)26/h2-7,10H,8-9H2,1H3. The first kappa shape index (κ1) is 17.4. The number of anilines is 1. The fourth-order valence-corrected chi connectivity index (χ4v) is 3.30. The third-order valence-corrected chi connectivity index (χ3v) is 4.96. The van der Waals surface area contributed by atoms with E-state index in [9.17, 15) is 14.4 Å². The van der Waals surface area contributed by atoms with Crippen molar-refractivity contribution < 1.29 is 14.3 Å². The zero-order chi connectivity index (χ0) is 19.1. The molecule has 1 aliphatic rings. The van der Waals surface area contributed by atoms with E-state index in [0.717, 1.165) is 4.47 Å². The predicted octanol–water partition coefficient (Wildman–Crippen LogP) is 2.40. The van der Waals surface area contributed by atoms with Crippen LogP contribution in [0, 0.1) is 0 Å². The maximum absolute atomic E-state index is 12.7. The molecule has 0 atom stereocenters. The summed E-state index contributed by atoms with van der Waals surface area (Å²) in [5, 5.41) is 0.434. The molecular formula is C19H14BrN3O4. The summed E-state index contributed by atoms with van der Waals surface area (Å²) in [6, 6.07) is 10.1. The summed E-state index contributed by atoms with van der Waals surface area (Å²) in [6.07, 6.45) is 1.37. The second-order valence-electron chi connectivity index (χ2n) is 6.19. The Morgan fingerprint density at radius 3 is 2.85 bits per heavy atom. The molecule has 0 saturated carbocycles. The van der Waals surface area contributed by atoms with Crippen molar-refractivity contribution >= 4 is 44.2 Å². The van der Waals surface area contributed by atoms with Crippen LogP contribution < -0.4 is 15.2 Å². The van der Waals surface area contributed by atoms with Gasteiger partial charge in [-0.05, 0) is 36.4 Å². The molecule has 0 spiro atoms. The zero-order valence-corrected chi connectivity index (χ0v) is 15.9. The molecule has 136 valence electrons. The van der Waals surface area contributed by atoms with Crippen LogP contribution in [0.2, 0.25) is 0 Å². The quantitative estimate of drug-likeness (QED) is 0.599. The van der Waals surface area contributed by atoms with Crippen molar-refractivity contribution in [1.29, 1.82) is 0 Å². The molecule has 3 aromatic rings. The number of carbonyl (C=O) groups is 2. The monoisotopic (exact) mass is 427 g/mol. The SMILES string of the molecule is CN1C(=O)COc2ccc(C(=O)Cn3cnc4ccc(Br)cc4c3=O)cc21. The maximum Gasteiger partial charge on any atom is 0.264 e. The topological polar surface area (TPSA) is 81.5 Å². The van der Waals surface area contributed by atoms with Crippen molar-refractivity contribution in [3.63, 3.8) is 0 Å². The van der Waals surface area contributed by atoms with Gasteiger partial charge in [-0.15, -0.1) is 0 Å². The Morgan fingerprint density at radius 2 is 2.04 bits per heavy atom. The van der Waals surface area contributed by atoms with Gasteiger partial charge in [-0.25, -0.2) is 4.98 Å². The number of hydrogen-bond acceptors (Lipinski definition) is 5. The van der Waals surface area contributed by atoms with Gasteiger partial charge < -0.3 is 9.64 Å². The van der Waals surface area contributed by atoms with E-state index in [4.69, 9.17) is 4.74 Å². The molecule has 0 aliphatic carbocycles. The van der Waals surface area contributed by atoms with Gasteiger partial charge in [-0.2, -0.15) is 0 Å². The summed E-state index contributed by atoms with van der Waals surface area (Å²) in [7, 11) is 1.63. The van der Waals surface area contributed by atoms with Crippen LogP contribution in [-0.2, 0) is 11.3 Å². The molecule has 2 heterocycles. The van der Waals surface area contributed by atoms with Gasteiger partial charge in [0.2, 0.25) is 0 Å². The van der Waals surface area contributed by atoms with Crippen LogP contribution in [0.1, 0.15) is 10.4 Å². The summed E-state index contributed by atoms with van der Waals surface area (Å²) < 4.78 is 7.41. The third-order valence-electron chi connectivity index (χ3n) is 4.47. The molecule has 2 aromatic carbocycles. The zero-order valence-electron chi connectivity index (χ0n) is 14.3. The number of hydrogen-bond donors (Lipinski definition) is 0. The summed E-state index contributed by atoms with van der Waals surface area (Å²) in [5.41, 5.74) is 1.20. The minimum atomic E-state index is -0.289. The molecule has 0 unspecified atom stereocenters. The van der Waals surface area contributed by atoms with Gasteiger partial charge in [0.25, 0.3) is 11.5 Å². The number of halogens is 1. The first-order valence-corrected chi connectivity index (χ1v) is 8.94. The van der Waals surface area contributed by atoms with Crippen LogP contribution in [0.15, 0.2) is 52.0 Å². The summed E-state index contributed by atoms with van der Waals surface area (Å²) >= 11 is 3.34. The minimum Gasteiger partial charge on any atom is -0.482 e. The number of Topliss-reactive ketones (excluding diaryl/α,β-unsaturated/α-hetero) is 1.